The summed E-state index contributed by atoms with van der Waals surface area (Å²) in [4.78, 5) is 16.6. The molecule has 0 aromatic carbocycles. The second kappa shape index (κ2) is 9.00. The fraction of sp³-hybridized carbons (Fsp3) is 0.833. The average Bonchev–Trinajstić information content (AvgIpc) is 2.95. The average molecular weight is 434 g/mol. The van der Waals surface area contributed by atoms with Gasteiger partial charge in [0.25, 0.3) is 0 Å². The summed E-state index contributed by atoms with van der Waals surface area (Å²) in [6.07, 6.45) is 3.16. The van der Waals surface area contributed by atoms with Crippen molar-refractivity contribution in [1.82, 2.24) is 20.0 Å². The molecule has 1 saturated carbocycles. The van der Waals surface area contributed by atoms with Gasteiger partial charge in [-0.3, -0.25) is 4.68 Å². The van der Waals surface area contributed by atoms with Crippen molar-refractivity contribution in [2.75, 3.05) is 37.6 Å². The fourth-order valence-corrected chi connectivity index (χ4v) is 5.21. The van der Waals surface area contributed by atoms with E-state index in [9.17, 15) is 4.79 Å². The van der Waals surface area contributed by atoms with Gasteiger partial charge >= 0.3 is 6.09 Å². The van der Waals surface area contributed by atoms with Crippen molar-refractivity contribution >= 4 is 11.9 Å². The summed E-state index contributed by atoms with van der Waals surface area (Å²) >= 11 is 0. The molecule has 176 valence electrons. The number of piperazine rings is 1. The van der Waals surface area contributed by atoms with Crippen molar-refractivity contribution < 1.29 is 9.53 Å². The summed E-state index contributed by atoms with van der Waals surface area (Å²) < 4.78 is 7.76. The van der Waals surface area contributed by atoms with Crippen LogP contribution >= 0.6 is 0 Å². The highest BCUT2D eigenvalue weighted by Crippen LogP contribution is 2.54. The second-order valence-electron chi connectivity index (χ2n) is 10.3. The molecule has 1 spiro atoms. The van der Waals surface area contributed by atoms with Crippen LogP contribution in [0.3, 0.4) is 0 Å². The summed E-state index contributed by atoms with van der Waals surface area (Å²) in [5.74, 6) is 1.17. The zero-order chi connectivity index (χ0) is 23.0. The molecule has 3 heterocycles. The summed E-state index contributed by atoms with van der Waals surface area (Å²) in [5, 5.41) is 8.60. The molecule has 1 aromatic rings. The molecule has 1 aromatic heterocycles. The normalized spacial score (nSPS) is 23.0. The van der Waals surface area contributed by atoms with Gasteiger partial charge in [-0.1, -0.05) is 20.8 Å². The maximum absolute atomic E-state index is 12.2. The third kappa shape index (κ3) is 4.71. The molecule has 1 unspecified atom stereocenters. The number of nitrogens with zero attached hydrogens (tertiary/aromatic N) is 4. The Hall–Kier alpha value is -1.76. The molecule has 2 saturated heterocycles. The number of rotatable bonds is 3. The van der Waals surface area contributed by atoms with Crippen LogP contribution in [0.25, 0.3) is 0 Å². The van der Waals surface area contributed by atoms with Crippen LogP contribution < -0.4 is 10.2 Å². The molecule has 1 atom stereocenters. The number of likely N-dealkylation sites (tertiary alicyclic amines) is 1. The molecule has 3 aliphatic rings. The van der Waals surface area contributed by atoms with Gasteiger partial charge in [0.15, 0.2) is 5.82 Å². The van der Waals surface area contributed by atoms with E-state index in [0.717, 1.165) is 52.0 Å². The number of carbonyl (C=O) groups is 1. The lowest BCUT2D eigenvalue weighted by molar-refractivity contribution is -0.0930. The largest absolute Gasteiger partial charge is 0.444 e. The molecule has 7 nitrogen and oxygen atoms in total. The van der Waals surface area contributed by atoms with Crippen LogP contribution in [0.5, 0.6) is 0 Å². The Kier molecular flexibility index (Phi) is 6.94. The molecule has 7 heteroatoms. The topological polar surface area (TPSA) is 62.6 Å². The lowest BCUT2D eigenvalue weighted by atomic mass is 9.61. The number of amides is 1. The molecular weight excluding hydrogens is 390 g/mol. The Morgan fingerprint density at radius 2 is 1.87 bits per heavy atom. The van der Waals surface area contributed by atoms with E-state index in [2.05, 4.69) is 35.7 Å². The summed E-state index contributed by atoms with van der Waals surface area (Å²) in [5.41, 5.74) is 2.45. The van der Waals surface area contributed by atoms with Gasteiger partial charge in [-0.05, 0) is 53.9 Å². The Bertz CT molecular complexity index is 768. The zero-order valence-corrected chi connectivity index (χ0v) is 20.9. The van der Waals surface area contributed by atoms with Gasteiger partial charge in [0.2, 0.25) is 0 Å². The van der Waals surface area contributed by atoms with Crippen molar-refractivity contribution in [2.45, 2.75) is 92.3 Å². The van der Waals surface area contributed by atoms with Gasteiger partial charge in [0.05, 0.1) is 6.04 Å². The number of aromatic nitrogens is 2. The smallest absolute Gasteiger partial charge is 0.410 e. The standard InChI is InChI=1S/C22H37N5O2.C2H6/c1-7-17-12-23-8-9-26(17)19-15(2)16(3)27(24-19)18-10-22(11-18)13-25(14-22)20(28)29-21(4,5)6;1-2/h17-18,23H,7-14H2,1-6H3;1-2H3. The molecule has 0 radical (unpaired) electrons. The predicted molar refractivity (Wildman–Crippen MR) is 126 cm³/mol. The van der Waals surface area contributed by atoms with Crippen molar-refractivity contribution in [1.29, 1.82) is 0 Å². The number of hydrogen-bond donors (Lipinski definition) is 1. The van der Waals surface area contributed by atoms with Crippen molar-refractivity contribution in [2.24, 2.45) is 5.41 Å². The van der Waals surface area contributed by atoms with Crippen LogP contribution in [0.2, 0.25) is 0 Å². The molecule has 4 rings (SSSR count). The van der Waals surface area contributed by atoms with E-state index in [1.54, 1.807) is 0 Å². The van der Waals surface area contributed by atoms with Crippen LogP contribution in [-0.4, -0.2) is 65.1 Å². The summed E-state index contributed by atoms with van der Waals surface area (Å²) in [6, 6.07) is 0.971. The van der Waals surface area contributed by atoms with Crippen LogP contribution in [-0.2, 0) is 4.74 Å². The number of nitrogens with one attached hydrogen (secondary N) is 1. The highest BCUT2D eigenvalue weighted by Gasteiger charge is 2.55. The fourth-order valence-electron chi connectivity index (χ4n) is 5.21. The maximum atomic E-state index is 12.2. The molecule has 0 bridgehead atoms. The van der Waals surface area contributed by atoms with Gasteiger partial charge in [0, 0.05) is 55.4 Å². The van der Waals surface area contributed by atoms with Crippen LogP contribution in [0.1, 0.15) is 78.1 Å². The Balaban J connectivity index is 0.00000132. The molecule has 31 heavy (non-hydrogen) atoms. The SMILES string of the molecule is CC.CCC1CNCCN1c1nn(C2CC3(C2)CN(C(=O)OC(C)(C)C)C3)c(C)c1C. The number of ether oxygens (including phenoxy) is 1. The monoisotopic (exact) mass is 433 g/mol. The second-order valence-corrected chi connectivity index (χ2v) is 10.3. The third-order valence-corrected chi connectivity index (χ3v) is 6.91. The number of carbonyl (C=O) groups excluding carboxylic acids is 1. The van der Waals surface area contributed by atoms with Crippen molar-refractivity contribution in [3.63, 3.8) is 0 Å². The van der Waals surface area contributed by atoms with E-state index in [0.29, 0.717) is 12.1 Å². The Labute approximate surface area is 188 Å². The molecule has 1 N–H and O–H groups in total. The van der Waals surface area contributed by atoms with Gasteiger partial charge < -0.3 is 19.9 Å². The Morgan fingerprint density at radius 3 is 2.45 bits per heavy atom. The lowest BCUT2D eigenvalue weighted by Gasteiger charge is -2.58. The first-order valence-electron chi connectivity index (χ1n) is 12.1. The minimum Gasteiger partial charge on any atom is -0.444 e. The van der Waals surface area contributed by atoms with Crippen molar-refractivity contribution in [3.8, 4) is 0 Å². The van der Waals surface area contributed by atoms with Gasteiger partial charge in [-0.15, -0.1) is 0 Å². The molecular formula is C24H43N5O2. The van der Waals surface area contributed by atoms with E-state index in [1.165, 1.54) is 17.1 Å². The molecule has 1 amide bonds. The first-order chi connectivity index (χ1) is 14.6. The predicted octanol–water partition coefficient (Wildman–Crippen LogP) is 4.29. The molecule has 2 aliphatic heterocycles. The Morgan fingerprint density at radius 1 is 1.23 bits per heavy atom. The highest BCUT2D eigenvalue weighted by molar-refractivity contribution is 5.69. The van der Waals surface area contributed by atoms with Gasteiger partial charge in [0.1, 0.15) is 5.60 Å². The summed E-state index contributed by atoms with van der Waals surface area (Å²) in [6.45, 7) is 21.1. The first-order valence-corrected chi connectivity index (χ1v) is 12.1. The maximum Gasteiger partial charge on any atom is 0.410 e. The van der Waals surface area contributed by atoms with Crippen LogP contribution in [0, 0.1) is 19.3 Å². The van der Waals surface area contributed by atoms with E-state index in [-0.39, 0.29) is 11.5 Å². The lowest BCUT2D eigenvalue weighted by Crippen LogP contribution is -2.64. The van der Waals surface area contributed by atoms with Crippen LogP contribution in [0.15, 0.2) is 0 Å². The quantitative estimate of drug-likeness (QED) is 0.771. The van der Waals surface area contributed by atoms with E-state index in [1.807, 2.05) is 39.5 Å². The van der Waals surface area contributed by atoms with Gasteiger partial charge in [-0.25, -0.2) is 4.79 Å². The first kappa shape index (κ1) is 23.9. The molecule has 3 fully saturated rings. The zero-order valence-electron chi connectivity index (χ0n) is 20.9. The minimum atomic E-state index is -0.428. The van der Waals surface area contributed by atoms with E-state index < -0.39 is 5.60 Å². The third-order valence-electron chi connectivity index (χ3n) is 6.91. The summed E-state index contributed by atoms with van der Waals surface area (Å²) in [7, 11) is 0. The molecule has 1 aliphatic carbocycles. The van der Waals surface area contributed by atoms with E-state index in [4.69, 9.17) is 9.84 Å². The van der Waals surface area contributed by atoms with Crippen molar-refractivity contribution in [3.05, 3.63) is 11.3 Å². The van der Waals surface area contributed by atoms with Gasteiger partial charge in [-0.2, -0.15) is 5.10 Å². The van der Waals surface area contributed by atoms with E-state index >= 15 is 0 Å². The van der Waals surface area contributed by atoms with Crippen LogP contribution in [0.4, 0.5) is 10.6 Å². The number of anilines is 1. The minimum absolute atomic E-state index is 0.177. The number of hydrogen-bond acceptors (Lipinski definition) is 5. The highest BCUT2D eigenvalue weighted by atomic mass is 16.6.